The molecule has 0 aliphatic heterocycles. The van der Waals surface area contributed by atoms with Crippen LogP contribution in [-0.2, 0) is 17.8 Å². The van der Waals surface area contributed by atoms with Gasteiger partial charge in [-0.05, 0) is 30.9 Å². The molecule has 2 unspecified atom stereocenters. The fraction of sp³-hybridized carbons (Fsp3) is 0.615. The minimum absolute atomic E-state index is 0.143. The summed E-state index contributed by atoms with van der Waals surface area (Å²) < 4.78 is 0. The molecule has 0 radical (unpaired) electrons. The second kappa shape index (κ2) is 5.65. The van der Waals surface area contributed by atoms with E-state index in [1.54, 1.807) is 11.3 Å². The van der Waals surface area contributed by atoms with Crippen molar-refractivity contribution in [2.45, 2.75) is 45.2 Å². The van der Waals surface area contributed by atoms with Crippen LogP contribution in [0.3, 0.4) is 0 Å². The SMILES string of the molecule is CC1CCCC1NCc1ccc(CC(=O)O)s1. The van der Waals surface area contributed by atoms with Gasteiger partial charge in [0.15, 0.2) is 0 Å². The van der Waals surface area contributed by atoms with Gasteiger partial charge in [-0.2, -0.15) is 0 Å². The Hall–Kier alpha value is -0.870. The fourth-order valence-corrected chi connectivity index (χ4v) is 3.40. The van der Waals surface area contributed by atoms with Crippen LogP contribution in [0, 0.1) is 5.92 Å². The van der Waals surface area contributed by atoms with Crippen LogP contribution in [0.2, 0.25) is 0 Å². The average molecular weight is 253 g/mol. The van der Waals surface area contributed by atoms with Crippen LogP contribution in [0.5, 0.6) is 0 Å². The summed E-state index contributed by atoms with van der Waals surface area (Å²) in [6.45, 7) is 3.17. The van der Waals surface area contributed by atoms with Gasteiger partial charge in [-0.15, -0.1) is 11.3 Å². The zero-order valence-electron chi connectivity index (χ0n) is 10.1. The van der Waals surface area contributed by atoms with E-state index in [1.165, 1.54) is 24.1 Å². The lowest BCUT2D eigenvalue weighted by molar-refractivity contribution is -0.136. The maximum atomic E-state index is 10.6. The van der Waals surface area contributed by atoms with Gasteiger partial charge >= 0.3 is 5.97 Å². The zero-order valence-corrected chi connectivity index (χ0v) is 10.9. The lowest BCUT2D eigenvalue weighted by atomic mass is 10.1. The average Bonchev–Trinajstić information content (AvgIpc) is 2.84. The highest BCUT2D eigenvalue weighted by Crippen LogP contribution is 2.25. The predicted octanol–water partition coefficient (Wildman–Crippen LogP) is 2.65. The number of thiophene rings is 1. The quantitative estimate of drug-likeness (QED) is 0.848. The van der Waals surface area contributed by atoms with E-state index >= 15 is 0 Å². The van der Waals surface area contributed by atoms with Gasteiger partial charge in [0.2, 0.25) is 0 Å². The van der Waals surface area contributed by atoms with Crippen LogP contribution in [-0.4, -0.2) is 17.1 Å². The van der Waals surface area contributed by atoms with Gasteiger partial charge in [0.1, 0.15) is 0 Å². The Balaban J connectivity index is 1.82. The molecule has 17 heavy (non-hydrogen) atoms. The van der Waals surface area contributed by atoms with Crippen molar-refractivity contribution in [3.05, 3.63) is 21.9 Å². The molecule has 94 valence electrons. The monoisotopic (exact) mass is 253 g/mol. The van der Waals surface area contributed by atoms with Crippen LogP contribution in [0.1, 0.15) is 35.9 Å². The van der Waals surface area contributed by atoms with Crippen LogP contribution in [0.15, 0.2) is 12.1 Å². The molecule has 1 aliphatic rings. The topological polar surface area (TPSA) is 49.3 Å². The number of nitrogens with one attached hydrogen (secondary N) is 1. The molecule has 2 rings (SSSR count). The van der Waals surface area contributed by atoms with E-state index in [1.807, 2.05) is 12.1 Å². The first-order chi connectivity index (χ1) is 8.15. The normalized spacial score (nSPS) is 24.1. The minimum Gasteiger partial charge on any atom is -0.481 e. The molecule has 4 heteroatoms. The van der Waals surface area contributed by atoms with E-state index in [2.05, 4.69) is 12.2 Å². The number of carboxylic acids is 1. The number of rotatable bonds is 5. The molecule has 1 heterocycles. The van der Waals surface area contributed by atoms with Gasteiger partial charge in [0.25, 0.3) is 0 Å². The van der Waals surface area contributed by atoms with E-state index in [0.29, 0.717) is 6.04 Å². The molecule has 1 aromatic heterocycles. The summed E-state index contributed by atoms with van der Waals surface area (Å²) in [6, 6.07) is 4.60. The number of hydrogen-bond donors (Lipinski definition) is 2. The van der Waals surface area contributed by atoms with E-state index in [9.17, 15) is 4.79 Å². The van der Waals surface area contributed by atoms with Gasteiger partial charge in [-0.3, -0.25) is 4.79 Å². The molecule has 0 amide bonds. The van der Waals surface area contributed by atoms with E-state index in [4.69, 9.17) is 5.11 Å². The fourth-order valence-electron chi connectivity index (χ4n) is 2.44. The molecule has 1 aliphatic carbocycles. The van der Waals surface area contributed by atoms with Crippen LogP contribution < -0.4 is 5.32 Å². The summed E-state index contributed by atoms with van der Waals surface area (Å²) in [5.41, 5.74) is 0. The Morgan fingerprint density at radius 1 is 1.47 bits per heavy atom. The first-order valence-electron chi connectivity index (χ1n) is 6.18. The molecule has 0 aromatic carbocycles. The molecular formula is C13H19NO2S. The highest BCUT2D eigenvalue weighted by molar-refractivity contribution is 7.12. The van der Waals surface area contributed by atoms with Crippen molar-refractivity contribution in [1.82, 2.24) is 5.32 Å². The van der Waals surface area contributed by atoms with Gasteiger partial charge in [-0.1, -0.05) is 13.3 Å². The van der Waals surface area contributed by atoms with E-state index < -0.39 is 5.97 Å². The van der Waals surface area contributed by atoms with Crippen molar-refractivity contribution in [1.29, 1.82) is 0 Å². The Morgan fingerprint density at radius 3 is 2.88 bits per heavy atom. The molecule has 2 N–H and O–H groups in total. The summed E-state index contributed by atoms with van der Waals surface area (Å²) in [7, 11) is 0. The number of aliphatic carboxylic acids is 1. The Morgan fingerprint density at radius 2 is 2.24 bits per heavy atom. The third kappa shape index (κ3) is 3.54. The van der Waals surface area contributed by atoms with Crippen molar-refractivity contribution in [2.75, 3.05) is 0 Å². The molecular weight excluding hydrogens is 234 g/mol. The highest BCUT2D eigenvalue weighted by atomic mass is 32.1. The van der Waals surface area contributed by atoms with Gasteiger partial charge in [-0.25, -0.2) is 0 Å². The van der Waals surface area contributed by atoms with Crippen LogP contribution in [0.25, 0.3) is 0 Å². The summed E-state index contributed by atoms with van der Waals surface area (Å²) in [5, 5.41) is 12.3. The van der Waals surface area contributed by atoms with Crippen molar-refractivity contribution in [2.24, 2.45) is 5.92 Å². The summed E-state index contributed by atoms with van der Waals surface area (Å²) >= 11 is 1.60. The Bertz CT molecular complexity index is 389. The summed E-state index contributed by atoms with van der Waals surface area (Å²) in [4.78, 5) is 12.8. The Kier molecular flexibility index (Phi) is 4.18. The lowest BCUT2D eigenvalue weighted by Crippen LogP contribution is -2.30. The van der Waals surface area contributed by atoms with Crippen molar-refractivity contribution < 1.29 is 9.90 Å². The largest absolute Gasteiger partial charge is 0.481 e. The summed E-state index contributed by atoms with van der Waals surface area (Å²) in [6.07, 6.45) is 4.07. The van der Waals surface area contributed by atoms with Gasteiger partial charge in [0, 0.05) is 22.3 Å². The molecule has 1 fully saturated rings. The van der Waals surface area contributed by atoms with E-state index in [-0.39, 0.29) is 6.42 Å². The van der Waals surface area contributed by atoms with Crippen LogP contribution >= 0.6 is 11.3 Å². The van der Waals surface area contributed by atoms with Crippen molar-refractivity contribution in [3.8, 4) is 0 Å². The number of carboxylic acid groups (broad SMARTS) is 1. The number of hydrogen-bond acceptors (Lipinski definition) is 3. The first kappa shape index (κ1) is 12.6. The summed E-state index contributed by atoms with van der Waals surface area (Å²) in [5.74, 6) is 0.0178. The molecule has 1 saturated carbocycles. The first-order valence-corrected chi connectivity index (χ1v) is 6.99. The molecule has 0 bridgehead atoms. The highest BCUT2D eigenvalue weighted by Gasteiger charge is 2.22. The Labute approximate surface area is 106 Å². The minimum atomic E-state index is -0.754. The van der Waals surface area contributed by atoms with Crippen molar-refractivity contribution in [3.63, 3.8) is 0 Å². The second-order valence-corrected chi connectivity index (χ2v) is 6.09. The molecule has 0 saturated heterocycles. The number of carbonyl (C=O) groups is 1. The molecule has 3 nitrogen and oxygen atoms in total. The smallest absolute Gasteiger partial charge is 0.308 e. The van der Waals surface area contributed by atoms with Gasteiger partial charge in [0.05, 0.1) is 6.42 Å². The van der Waals surface area contributed by atoms with Crippen LogP contribution in [0.4, 0.5) is 0 Å². The zero-order chi connectivity index (χ0) is 12.3. The predicted molar refractivity (Wildman–Crippen MR) is 69.3 cm³/mol. The molecule has 0 spiro atoms. The maximum absolute atomic E-state index is 10.6. The molecule has 2 atom stereocenters. The standard InChI is InChI=1S/C13H19NO2S/c1-9-3-2-4-12(9)14-8-11-6-5-10(17-11)7-13(15)16/h5-6,9,12,14H,2-4,7-8H2,1H3,(H,15,16). The van der Waals surface area contributed by atoms with E-state index in [0.717, 1.165) is 17.3 Å². The second-order valence-electron chi connectivity index (χ2n) is 4.83. The van der Waals surface area contributed by atoms with Gasteiger partial charge < -0.3 is 10.4 Å². The third-order valence-electron chi connectivity index (χ3n) is 3.44. The maximum Gasteiger partial charge on any atom is 0.308 e. The van der Waals surface area contributed by atoms with Crippen molar-refractivity contribution >= 4 is 17.3 Å². The lowest BCUT2D eigenvalue weighted by Gasteiger charge is -2.16. The molecule has 1 aromatic rings. The third-order valence-corrected chi connectivity index (χ3v) is 4.53.